The summed E-state index contributed by atoms with van der Waals surface area (Å²) >= 11 is 0. The highest BCUT2D eigenvalue weighted by Crippen LogP contribution is 2.01. The van der Waals surface area contributed by atoms with Crippen LogP contribution in [0.25, 0.3) is 0 Å². The van der Waals surface area contributed by atoms with Crippen LogP contribution in [0.15, 0.2) is 49.5 Å². The maximum Gasteiger partial charge on any atom is 0.100 e. The van der Waals surface area contributed by atoms with Gasteiger partial charge in [-0.2, -0.15) is 0 Å². The van der Waals surface area contributed by atoms with Crippen molar-refractivity contribution in [3.05, 3.63) is 49.5 Å². The van der Waals surface area contributed by atoms with E-state index in [1.807, 2.05) is 27.7 Å². The zero-order chi connectivity index (χ0) is 12.0. The third-order valence-electron chi connectivity index (χ3n) is 0.688. The summed E-state index contributed by atoms with van der Waals surface area (Å²) in [5, 5.41) is 0. The van der Waals surface area contributed by atoms with Crippen LogP contribution in [0.4, 0.5) is 0 Å². The Morgan fingerprint density at radius 1 is 1.14 bits per heavy atom. The summed E-state index contributed by atoms with van der Waals surface area (Å²) in [5.74, 6) is 1.52. The monoisotopic (exact) mass is 196 g/mol. The average molecular weight is 196 g/mol. The number of rotatable bonds is 3. The minimum absolute atomic E-state index is 0.700. The zero-order valence-corrected chi connectivity index (χ0v) is 10.3. The van der Waals surface area contributed by atoms with Gasteiger partial charge in [0, 0.05) is 0 Å². The van der Waals surface area contributed by atoms with Crippen molar-refractivity contribution >= 4 is 0 Å². The first-order chi connectivity index (χ1) is 6.58. The molecule has 0 aliphatic rings. The molecule has 0 aromatic carbocycles. The molecular formula is C13H24O. The lowest BCUT2D eigenvalue weighted by Gasteiger charge is -2.01. The molecule has 0 unspecified atom stereocenters. The fourth-order valence-corrected chi connectivity index (χ4v) is 0.475. The van der Waals surface area contributed by atoms with E-state index in [4.69, 9.17) is 4.74 Å². The molecule has 0 amide bonds. The number of hydrogen-bond acceptors (Lipinski definition) is 1. The molecule has 14 heavy (non-hydrogen) atoms. The first-order valence-corrected chi connectivity index (χ1v) is 4.78. The van der Waals surface area contributed by atoms with Gasteiger partial charge in [-0.05, 0) is 26.8 Å². The van der Waals surface area contributed by atoms with Crippen molar-refractivity contribution in [3.63, 3.8) is 0 Å². The topological polar surface area (TPSA) is 9.23 Å². The molecule has 0 spiro atoms. The van der Waals surface area contributed by atoms with Gasteiger partial charge in [0.1, 0.15) is 5.76 Å². The first-order valence-electron chi connectivity index (χ1n) is 4.78. The van der Waals surface area contributed by atoms with Crippen molar-refractivity contribution in [1.29, 1.82) is 0 Å². The molecule has 0 fully saturated rings. The van der Waals surface area contributed by atoms with Crippen molar-refractivity contribution in [3.8, 4) is 0 Å². The Hall–Kier alpha value is -1.24. The van der Waals surface area contributed by atoms with Crippen LogP contribution in [0, 0.1) is 0 Å². The van der Waals surface area contributed by atoms with Gasteiger partial charge < -0.3 is 4.74 Å². The van der Waals surface area contributed by atoms with Crippen LogP contribution in [0.5, 0.6) is 0 Å². The summed E-state index contributed by atoms with van der Waals surface area (Å²) in [5.41, 5.74) is 0. The Labute approximate surface area is 89.5 Å². The van der Waals surface area contributed by atoms with Crippen LogP contribution < -0.4 is 0 Å². The van der Waals surface area contributed by atoms with E-state index in [2.05, 4.69) is 19.7 Å². The van der Waals surface area contributed by atoms with Gasteiger partial charge >= 0.3 is 0 Å². The van der Waals surface area contributed by atoms with Crippen LogP contribution >= 0.6 is 0 Å². The fourth-order valence-electron chi connectivity index (χ4n) is 0.475. The van der Waals surface area contributed by atoms with Crippen molar-refractivity contribution in [2.45, 2.75) is 34.6 Å². The Morgan fingerprint density at radius 2 is 1.50 bits per heavy atom. The molecular weight excluding hydrogens is 172 g/mol. The standard InChI is InChI=1S/C8H12O.C3H6.C2H6/c1-5-6-8(4)9-7(2)3;1-3-2;1-2/h5-6H,1-2H2,3-4H3;3H,1H2,2H3;1-2H3/b8-6+;;. The third-order valence-corrected chi connectivity index (χ3v) is 0.688. The molecule has 0 aromatic rings. The van der Waals surface area contributed by atoms with Crippen molar-refractivity contribution < 1.29 is 4.74 Å². The Morgan fingerprint density at radius 3 is 1.71 bits per heavy atom. The van der Waals surface area contributed by atoms with E-state index in [0.29, 0.717) is 5.76 Å². The lowest BCUT2D eigenvalue weighted by Crippen LogP contribution is -1.81. The molecule has 0 aliphatic heterocycles. The predicted octanol–water partition coefficient (Wildman–Crippen LogP) is 4.84. The van der Waals surface area contributed by atoms with Crippen LogP contribution in [-0.2, 0) is 4.74 Å². The maximum absolute atomic E-state index is 5.09. The molecule has 0 bridgehead atoms. The minimum Gasteiger partial charge on any atom is -0.467 e. The largest absolute Gasteiger partial charge is 0.467 e. The van der Waals surface area contributed by atoms with Gasteiger partial charge in [0.05, 0.1) is 5.76 Å². The summed E-state index contributed by atoms with van der Waals surface area (Å²) in [6, 6.07) is 0. The van der Waals surface area contributed by atoms with Gasteiger partial charge in [0.2, 0.25) is 0 Å². The summed E-state index contributed by atoms with van der Waals surface area (Å²) in [6.45, 7) is 20.0. The highest BCUT2D eigenvalue weighted by molar-refractivity contribution is 5.03. The molecule has 0 aromatic heterocycles. The average Bonchev–Trinajstić information content (AvgIpc) is 2.08. The Kier molecular flexibility index (Phi) is 23.5. The Bertz CT molecular complexity index is 176. The van der Waals surface area contributed by atoms with E-state index in [9.17, 15) is 0 Å². The second kappa shape index (κ2) is 17.7. The van der Waals surface area contributed by atoms with E-state index in [0.717, 1.165) is 5.76 Å². The molecule has 0 atom stereocenters. The lowest BCUT2D eigenvalue weighted by atomic mass is 10.5. The quantitative estimate of drug-likeness (QED) is 0.356. The molecule has 0 saturated heterocycles. The number of allylic oxidation sites excluding steroid dienone is 5. The van der Waals surface area contributed by atoms with Crippen LogP contribution in [0.1, 0.15) is 34.6 Å². The molecule has 0 aliphatic carbocycles. The van der Waals surface area contributed by atoms with Crippen molar-refractivity contribution in [2.75, 3.05) is 0 Å². The van der Waals surface area contributed by atoms with Gasteiger partial charge in [0.25, 0.3) is 0 Å². The minimum atomic E-state index is 0.700. The van der Waals surface area contributed by atoms with E-state index in [1.165, 1.54) is 0 Å². The summed E-state index contributed by atoms with van der Waals surface area (Å²) < 4.78 is 5.09. The van der Waals surface area contributed by atoms with Crippen LogP contribution in [0.3, 0.4) is 0 Å². The number of hydrogen-bond donors (Lipinski definition) is 0. The fraction of sp³-hybridized carbons (Fsp3) is 0.385. The molecule has 0 N–H and O–H groups in total. The molecule has 1 heteroatoms. The predicted molar refractivity (Wildman–Crippen MR) is 67.1 cm³/mol. The molecule has 82 valence electrons. The highest BCUT2D eigenvalue weighted by atomic mass is 16.5. The normalized spacial score (nSPS) is 8.21. The van der Waals surface area contributed by atoms with Gasteiger partial charge in [-0.3, -0.25) is 0 Å². The summed E-state index contributed by atoms with van der Waals surface area (Å²) in [4.78, 5) is 0. The zero-order valence-electron chi connectivity index (χ0n) is 10.3. The molecule has 0 rings (SSSR count). The van der Waals surface area contributed by atoms with Crippen molar-refractivity contribution in [1.82, 2.24) is 0 Å². The number of ether oxygens (including phenoxy) is 1. The summed E-state index contributed by atoms with van der Waals surface area (Å²) in [6.07, 6.45) is 5.22. The highest BCUT2D eigenvalue weighted by Gasteiger charge is 1.84. The van der Waals surface area contributed by atoms with Crippen LogP contribution in [0.2, 0.25) is 0 Å². The molecule has 0 saturated carbocycles. The second-order valence-corrected chi connectivity index (χ2v) is 2.23. The molecule has 0 heterocycles. The van der Waals surface area contributed by atoms with E-state index < -0.39 is 0 Å². The lowest BCUT2D eigenvalue weighted by molar-refractivity contribution is 0.311. The van der Waals surface area contributed by atoms with E-state index in [-0.39, 0.29) is 0 Å². The Balaban J connectivity index is -0.000000205. The molecule has 1 nitrogen and oxygen atoms in total. The van der Waals surface area contributed by atoms with E-state index >= 15 is 0 Å². The van der Waals surface area contributed by atoms with Gasteiger partial charge in [-0.15, -0.1) is 6.58 Å². The SMILES string of the molecule is C=C/C=C(\C)OC(=C)C.C=CC.CC. The first kappa shape index (κ1) is 18.5. The van der Waals surface area contributed by atoms with Gasteiger partial charge in [0.15, 0.2) is 0 Å². The van der Waals surface area contributed by atoms with Crippen LogP contribution in [-0.4, -0.2) is 0 Å². The van der Waals surface area contributed by atoms with Gasteiger partial charge in [-0.25, -0.2) is 0 Å². The smallest absolute Gasteiger partial charge is 0.100 e. The van der Waals surface area contributed by atoms with E-state index in [1.54, 1.807) is 25.2 Å². The third kappa shape index (κ3) is 30.9. The maximum atomic E-state index is 5.09. The van der Waals surface area contributed by atoms with Gasteiger partial charge in [-0.1, -0.05) is 39.2 Å². The van der Waals surface area contributed by atoms with Crippen molar-refractivity contribution in [2.24, 2.45) is 0 Å². The second-order valence-electron chi connectivity index (χ2n) is 2.23. The summed E-state index contributed by atoms with van der Waals surface area (Å²) in [7, 11) is 0. The molecule has 0 radical (unpaired) electrons.